The van der Waals surface area contributed by atoms with Gasteiger partial charge in [0, 0.05) is 48.2 Å². The average Bonchev–Trinajstić information content (AvgIpc) is 2.55. The van der Waals surface area contributed by atoms with Crippen molar-refractivity contribution in [3.63, 3.8) is 0 Å². The van der Waals surface area contributed by atoms with Crippen LogP contribution in [0.4, 0.5) is 0 Å². The van der Waals surface area contributed by atoms with E-state index in [4.69, 9.17) is 5.41 Å². The molecule has 0 aliphatic heterocycles. The highest BCUT2D eigenvalue weighted by Gasteiger charge is 2.02. The summed E-state index contributed by atoms with van der Waals surface area (Å²) in [6.07, 6.45) is 11.8. The minimum Gasteiger partial charge on any atom is -0.388 e. The molecule has 0 radical (unpaired) electrons. The second kappa shape index (κ2) is 13.9. The molecule has 5 nitrogen and oxygen atoms in total. The van der Waals surface area contributed by atoms with Crippen molar-refractivity contribution in [2.45, 2.75) is 46.1 Å². The van der Waals surface area contributed by atoms with Crippen LogP contribution in [0.5, 0.6) is 0 Å². The molecule has 0 aliphatic carbocycles. The first-order valence-electron chi connectivity index (χ1n) is 7.78. The molecule has 0 aromatic carbocycles. The van der Waals surface area contributed by atoms with Gasteiger partial charge in [0.2, 0.25) is 0 Å². The van der Waals surface area contributed by atoms with E-state index in [1.807, 2.05) is 18.4 Å². The van der Waals surface area contributed by atoms with Gasteiger partial charge in [0.1, 0.15) is 0 Å². The Morgan fingerprint density at radius 1 is 1.26 bits per heavy atom. The Morgan fingerprint density at radius 3 is 2.52 bits per heavy atom. The van der Waals surface area contributed by atoms with E-state index in [1.165, 1.54) is 6.21 Å². The van der Waals surface area contributed by atoms with Crippen LogP contribution in [0.15, 0.2) is 45.8 Å². The van der Waals surface area contributed by atoms with Crippen molar-refractivity contribution in [2.75, 3.05) is 5.45 Å². The number of nitrogens with one attached hydrogen (secondary N) is 3. The molecule has 6 heteroatoms. The van der Waals surface area contributed by atoms with Crippen LogP contribution in [0.1, 0.15) is 40.0 Å². The van der Waals surface area contributed by atoms with E-state index in [2.05, 4.69) is 64.3 Å². The van der Waals surface area contributed by atoms with Crippen LogP contribution < -0.4 is 10.7 Å². The Kier molecular flexibility index (Phi) is 12.9. The standard InChI is InChI=1S/C17H28BrN5/c1-5-7-14(3)21-11-16(10-19)15(12-23-20-4)8-9-17(6-2)22-13-18/h8-12,14,19,21,23H,4-7,13H2,1-3H3/b9-8-,15-12+,16-11+,19-10?,22-17+. The van der Waals surface area contributed by atoms with Gasteiger partial charge < -0.3 is 10.7 Å². The van der Waals surface area contributed by atoms with Gasteiger partial charge in [-0.2, -0.15) is 5.10 Å². The summed E-state index contributed by atoms with van der Waals surface area (Å²) in [5.74, 6) is 0. The van der Waals surface area contributed by atoms with Crippen molar-refractivity contribution in [1.82, 2.24) is 10.7 Å². The van der Waals surface area contributed by atoms with Crippen molar-refractivity contribution in [2.24, 2.45) is 10.1 Å². The predicted molar refractivity (Wildman–Crippen MR) is 106 cm³/mol. The molecular formula is C17H28BrN5. The number of nitrogens with zero attached hydrogens (tertiary/aromatic N) is 2. The molecule has 23 heavy (non-hydrogen) atoms. The number of hydrogen-bond acceptors (Lipinski definition) is 5. The lowest BCUT2D eigenvalue weighted by molar-refractivity contribution is 0.577. The zero-order valence-electron chi connectivity index (χ0n) is 14.3. The van der Waals surface area contributed by atoms with Crippen molar-refractivity contribution < 1.29 is 0 Å². The van der Waals surface area contributed by atoms with Gasteiger partial charge in [-0.25, -0.2) is 0 Å². The molecule has 1 unspecified atom stereocenters. The molecule has 0 fully saturated rings. The predicted octanol–water partition coefficient (Wildman–Crippen LogP) is 4.15. The zero-order valence-corrected chi connectivity index (χ0v) is 15.9. The van der Waals surface area contributed by atoms with Gasteiger partial charge in [0.25, 0.3) is 0 Å². The maximum atomic E-state index is 7.66. The Balaban J connectivity index is 5.29. The molecule has 0 rings (SSSR count). The summed E-state index contributed by atoms with van der Waals surface area (Å²) in [6, 6.07) is 0.367. The zero-order chi connectivity index (χ0) is 17.5. The summed E-state index contributed by atoms with van der Waals surface area (Å²) in [6.45, 7) is 9.74. The van der Waals surface area contributed by atoms with Gasteiger partial charge in [0.15, 0.2) is 0 Å². The number of aliphatic imine (C=N–C) groups is 1. The lowest BCUT2D eigenvalue weighted by Crippen LogP contribution is -2.20. The Labute approximate surface area is 148 Å². The maximum absolute atomic E-state index is 7.66. The fraction of sp³-hybridized carbons (Fsp3) is 0.471. The summed E-state index contributed by atoms with van der Waals surface area (Å²) in [4.78, 5) is 4.35. The van der Waals surface area contributed by atoms with Crippen LogP contribution in [0, 0.1) is 5.41 Å². The third kappa shape index (κ3) is 9.84. The van der Waals surface area contributed by atoms with Crippen molar-refractivity contribution >= 4 is 34.6 Å². The number of allylic oxidation sites excluding steroid dienone is 4. The molecular weight excluding hydrogens is 354 g/mol. The second-order valence-corrected chi connectivity index (χ2v) is 5.44. The van der Waals surface area contributed by atoms with Crippen molar-refractivity contribution in [1.29, 1.82) is 5.41 Å². The van der Waals surface area contributed by atoms with Gasteiger partial charge >= 0.3 is 0 Å². The van der Waals surface area contributed by atoms with E-state index < -0.39 is 0 Å². The highest BCUT2D eigenvalue weighted by atomic mass is 79.9. The van der Waals surface area contributed by atoms with Gasteiger partial charge in [0.05, 0.1) is 5.45 Å². The molecule has 0 aromatic rings. The van der Waals surface area contributed by atoms with Gasteiger partial charge in [-0.15, -0.1) is 0 Å². The molecule has 0 aliphatic rings. The van der Waals surface area contributed by atoms with Crippen molar-refractivity contribution in [3.8, 4) is 0 Å². The minimum absolute atomic E-state index is 0.367. The van der Waals surface area contributed by atoms with E-state index in [0.29, 0.717) is 11.5 Å². The van der Waals surface area contributed by atoms with E-state index in [9.17, 15) is 0 Å². The number of hydrogen-bond donors (Lipinski definition) is 3. The van der Waals surface area contributed by atoms with Crippen LogP contribution >= 0.6 is 15.9 Å². The molecule has 128 valence electrons. The first-order valence-corrected chi connectivity index (χ1v) is 8.90. The molecule has 0 bridgehead atoms. The highest BCUT2D eigenvalue weighted by Crippen LogP contribution is 2.10. The quantitative estimate of drug-likeness (QED) is 0.156. The van der Waals surface area contributed by atoms with Gasteiger partial charge in [-0.3, -0.25) is 10.4 Å². The van der Waals surface area contributed by atoms with E-state index in [0.717, 1.165) is 36.1 Å². The van der Waals surface area contributed by atoms with Crippen molar-refractivity contribution in [3.05, 3.63) is 35.7 Å². The largest absolute Gasteiger partial charge is 0.388 e. The summed E-state index contributed by atoms with van der Waals surface area (Å²) in [7, 11) is 0. The summed E-state index contributed by atoms with van der Waals surface area (Å²) < 4.78 is 0. The van der Waals surface area contributed by atoms with Gasteiger partial charge in [-0.05, 0) is 25.8 Å². The van der Waals surface area contributed by atoms with E-state index in [-0.39, 0.29) is 0 Å². The Hall–Kier alpha value is -1.69. The van der Waals surface area contributed by atoms with Crippen LogP contribution in [-0.4, -0.2) is 30.1 Å². The highest BCUT2D eigenvalue weighted by molar-refractivity contribution is 9.09. The summed E-state index contributed by atoms with van der Waals surface area (Å²) >= 11 is 3.31. The monoisotopic (exact) mass is 381 g/mol. The van der Waals surface area contributed by atoms with Crippen LogP contribution in [0.3, 0.4) is 0 Å². The molecule has 0 aromatic heterocycles. The second-order valence-electron chi connectivity index (χ2n) is 4.94. The third-order valence-corrected chi connectivity index (χ3v) is 3.38. The normalized spacial score (nSPS) is 14.7. The summed E-state index contributed by atoms with van der Waals surface area (Å²) in [5.41, 5.74) is 5.88. The molecule has 0 amide bonds. The third-order valence-electron chi connectivity index (χ3n) is 3.13. The number of hydrazone groups is 1. The lowest BCUT2D eigenvalue weighted by Gasteiger charge is -2.12. The lowest BCUT2D eigenvalue weighted by atomic mass is 10.1. The average molecular weight is 382 g/mol. The minimum atomic E-state index is 0.367. The van der Waals surface area contributed by atoms with Crippen LogP contribution in [0.25, 0.3) is 0 Å². The molecule has 3 N–H and O–H groups in total. The van der Waals surface area contributed by atoms with E-state index in [1.54, 1.807) is 6.20 Å². The molecule has 0 saturated carbocycles. The van der Waals surface area contributed by atoms with Gasteiger partial charge in [-0.1, -0.05) is 42.3 Å². The van der Waals surface area contributed by atoms with Crippen LogP contribution in [-0.2, 0) is 0 Å². The fourth-order valence-corrected chi connectivity index (χ4v) is 2.17. The molecule has 0 saturated heterocycles. The summed E-state index contributed by atoms with van der Waals surface area (Å²) in [5, 5.41) is 14.6. The topological polar surface area (TPSA) is 72.6 Å². The number of rotatable bonds is 12. The first kappa shape index (κ1) is 21.3. The smallest absolute Gasteiger partial charge is 0.0943 e. The maximum Gasteiger partial charge on any atom is 0.0943 e. The Bertz CT molecular complexity index is 477. The molecule has 0 heterocycles. The first-order chi connectivity index (χ1) is 11.1. The van der Waals surface area contributed by atoms with E-state index >= 15 is 0 Å². The molecule has 1 atom stereocenters. The SMILES string of the molecule is C=NN/C=C(\C=C/C(CC)=N/CBr)C(/C=N)=C/NC(C)CCC. The number of halogens is 1. The molecule has 0 spiro atoms. The Morgan fingerprint density at radius 2 is 2.00 bits per heavy atom. The van der Waals surface area contributed by atoms with Crippen LogP contribution in [0.2, 0.25) is 0 Å². The fourth-order valence-electron chi connectivity index (χ4n) is 1.84. The number of alkyl halides is 1.